The number of thioether (sulfide) groups is 1. The molecular weight excluding hydrogens is 1900 g/mol. The van der Waals surface area contributed by atoms with Crippen LogP contribution in [-0.2, 0) is 94.1 Å². The Balaban J connectivity index is 0.000000137. The molecule has 0 bridgehead atoms. The molecule has 9 heterocycles. The number of nitrogens with zero attached hydrogens (tertiary/aromatic N) is 9. The first-order valence-corrected chi connectivity index (χ1v) is 47.1. The Labute approximate surface area is 749 Å². The number of rotatable bonds is 28. The second kappa shape index (κ2) is 39.2. The Morgan fingerprint density at radius 2 is 0.937 bits per heavy atom. The van der Waals surface area contributed by atoms with E-state index in [-0.39, 0.29) is 58.5 Å². The third kappa shape index (κ3) is 21.9. The van der Waals surface area contributed by atoms with Crippen LogP contribution in [-0.4, -0.2) is 120 Å². The number of hydrogen-bond donors (Lipinski definition) is 2. The minimum Gasteiger partial charge on any atom is -0.361 e. The average molecular weight is 1970 g/mol. The van der Waals surface area contributed by atoms with Crippen molar-refractivity contribution in [1.82, 2.24) is 49.1 Å². The molecule has 0 spiro atoms. The molecular formula is C91H77Br3F3N11O14S4. The van der Waals surface area contributed by atoms with E-state index in [1.807, 2.05) is 59.2 Å². The molecule has 0 aliphatic rings. The van der Waals surface area contributed by atoms with Gasteiger partial charge in [-0.25, -0.2) is 38.4 Å². The van der Waals surface area contributed by atoms with Gasteiger partial charge in [0.05, 0.1) is 75.6 Å². The summed E-state index contributed by atoms with van der Waals surface area (Å²) in [7, 11) is -11.8. The Hall–Kier alpha value is -12.1. The van der Waals surface area contributed by atoms with E-state index < -0.39 is 81.1 Å². The van der Waals surface area contributed by atoms with Crippen LogP contribution in [0.15, 0.2) is 288 Å². The first-order valence-electron chi connectivity index (χ1n) is 38.9. The summed E-state index contributed by atoms with van der Waals surface area (Å²) >= 11 is 12.0. The number of aromatic nitrogens is 10. The predicted molar refractivity (Wildman–Crippen MR) is 482 cm³/mol. The SMILES string of the molecule is Cc1cc(CC(=O)C(C)S(=O)(=O)c2cn(Cc3cc(Br)cc(Br)c3)c3ccccc23)no1.Cc1cc(CC(=O)CS(=O)(=O)c2cn(Cc3ccc(F)cc3F)c3ccccc23)no1.Cc1cc(CC(=O)CS(=O)(=O)c2cn(Cc3cccc(-c4ccn[nH]4)c3F)c3ccccc23)no1.Cc1cc(NC(=O)CSc2cn(Cc3cccc(Br)c3)c3ccccc23)no1. The molecule has 0 saturated carbocycles. The van der Waals surface area contributed by atoms with Crippen molar-refractivity contribution in [3.8, 4) is 11.3 Å². The molecule has 1 amide bonds. The molecule has 2 N–H and O–H groups in total. The zero-order valence-corrected chi connectivity index (χ0v) is 75.8. The Morgan fingerprint density at radius 1 is 0.468 bits per heavy atom. The first kappa shape index (κ1) is 90.1. The van der Waals surface area contributed by atoms with E-state index in [9.17, 15) is 53.2 Å². The second-order valence-corrected chi connectivity index (χ2v) is 39.6. The zero-order valence-electron chi connectivity index (χ0n) is 67.8. The molecule has 646 valence electrons. The van der Waals surface area contributed by atoms with Crippen molar-refractivity contribution in [2.45, 2.75) is 105 Å². The summed E-state index contributed by atoms with van der Waals surface area (Å²) in [6.45, 7) is 9.68. The highest BCUT2D eigenvalue weighted by atomic mass is 79.9. The lowest BCUT2D eigenvalue weighted by Crippen LogP contribution is -2.28. The molecule has 17 aromatic rings. The van der Waals surface area contributed by atoms with Gasteiger partial charge in [-0.1, -0.05) is 172 Å². The van der Waals surface area contributed by atoms with Gasteiger partial charge in [-0.15, -0.1) is 11.8 Å². The van der Waals surface area contributed by atoms with Gasteiger partial charge in [0.2, 0.25) is 5.91 Å². The smallest absolute Gasteiger partial charge is 0.235 e. The summed E-state index contributed by atoms with van der Waals surface area (Å²) in [6, 6.07) is 60.0. The lowest BCUT2D eigenvalue weighted by molar-refractivity contribution is -0.118. The number of sulfone groups is 3. The minimum atomic E-state index is -3.97. The number of Topliss-reactive ketones (excluding diaryl/α,β-unsaturated/α-hetero) is 3. The monoisotopic (exact) mass is 1970 g/mol. The quantitative estimate of drug-likeness (QED) is 0.0430. The fourth-order valence-corrected chi connectivity index (χ4v) is 21.5. The van der Waals surface area contributed by atoms with Crippen LogP contribution in [0.2, 0.25) is 0 Å². The average Bonchev–Trinajstić information content (AvgIpc) is 1.61. The molecule has 126 heavy (non-hydrogen) atoms. The van der Waals surface area contributed by atoms with Gasteiger partial charge in [0.1, 0.15) is 57.2 Å². The minimum absolute atomic E-state index is 0.00824. The van der Waals surface area contributed by atoms with Gasteiger partial charge in [0.25, 0.3) is 0 Å². The molecule has 0 aliphatic carbocycles. The molecule has 0 fully saturated rings. The molecule has 35 heteroatoms. The van der Waals surface area contributed by atoms with E-state index in [1.54, 1.807) is 158 Å². The lowest BCUT2D eigenvalue weighted by atomic mass is 10.1. The normalized spacial score (nSPS) is 11.9. The Bertz CT molecular complexity index is 7280. The molecule has 1 unspecified atom stereocenters. The summed E-state index contributed by atoms with van der Waals surface area (Å²) in [4.78, 5) is 51.1. The number of para-hydroxylation sites is 4. The summed E-state index contributed by atoms with van der Waals surface area (Å²) in [5.41, 5.74) is 8.04. The Kier molecular flexibility index (Phi) is 28.0. The van der Waals surface area contributed by atoms with Gasteiger partial charge in [-0.05, 0) is 119 Å². The van der Waals surface area contributed by atoms with Crippen molar-refractivity contribution >= 4 is 162 Å². The number of ketones is 3. The van der Waals surface area contributed by atoms with Crippen LogP contribution < -0.4 is 5.32 Å². The van der Waals surface area contributed by atoms with Crippen LogP contribution in [0, 0.1) is 45.1 Å². The predicted octanol–water partition coefficient (Wildman–Crippen LogP) is 18.9. The number of fused-ring (bicyclic) bond motifs is 4. The number of anilines is 1. The fourth-order valence-electron chi connectivity index (χ4n) is 14.3. The second-order valence-electron chi connectivity index (χ2n) is 29.7. The van der Waals surface area contributed by atoms with Crippen LogP contribution in [0.25, 0.3) is 54.9 Å². The lowest BCUT2D eigenvalue weighted by Gasteiger charge is -2.10. The molecule has 8 aromatic carbocycles. The van der Waals surface area contributed by atoms with Crippen LogP contribution in [0.4, 0.5) is 19.0 Å². The Morgan fingerprint density at radius 3 is 1.45 bits per heavy atom. The molecule has 0 radical (unpaired) electrons. The highest BCUT2D eigenvalue weighted by molar-refractivity contribution is 9.11. The van der Waals surface area contributed by atoms with E-state index in [2.05, 4.69) is 119 Å². The number of hydrogen-bond acceptors (Lipinski definition) is 20. The van der Waals surface area contributed by atoms with Crippen LogP contribution in [0.5, 0.6) is 0 Å². The molecule has 9 aromatic heterocycles. The van der Waals surface area contributed by atoms with Gasteiger partial charge >= 0.3 is 0 Å². The third-order valence-corrected chi connectivity index (χ3v) is 28.1. The highest BCUT2D eigenvalue weighted by Gasteiger charge is 2.34. The third-order valence-electron chi connectivity index (χ3n) is 20.1. The number of carbonyl (C=O) groups is 4. The van der Waals surface area contributed by atoms with Crippen LogP contribution in [0.3, 0.4) is 0 Å². The van der Waals surface area contributed by atoms with E-state index in [0.29, 0.717) is 102 Å². The van der Waals surface area contributed by atoms with Gasteiger partial charge in [-0.3, -0.25) is 24.3 Å². The maximum absolute atomic E-state index is 15.3. The number of amides is 1. The molecule has 17 rings (SSSR count). The largest absolute Gasteiger partial charge is 0.361 e. The number of nitrogens with one attached hydrogen (secondary N) is 2. The zero-order chi connectivity index (χ0) is 89.3. The maximum atomic E-state index is 15.3. The maximum Gasteiger partial charge on any atom is 0.235 e. The number of H-pyrrole nitrogens is 1. The standard InChI is InChI=1S/C25H21FN4O4S.C23H20Br2N2O4S.C22H18F2N2O4S.C21H18BrN3O2S/c1-16-11-18(29-34-16)12-19(31)15-35(32,33)24-14-30(23-8-3-2-6-21(23)24)13-17-5-4-7-20(25(17)26)22-9-10-27-28-22;1-14-7-19(26-31-14)11-22(28)15(2)32(29,30)23-13-27(21-6-4-3-5-20(21)23)12-16-8-17(24)10-18(25)9-16;1-14-8-17(25-30-14)10-18(27)13-31(28,29)22-12-26(21-5-3-2-4-19(21)22)11-15-6-7-16(23)9-20(15)24;1-14-9-20(24-27-14)23-21(26)13-28-19-12-25(18-8-3-2-7-17(18)19)11-15-5-4-6-16(22)10-15/h2-11,14H,12-13,15H2,1H3,(H,27,28);3-10,13,15H,11-12H2,1-2H3;2-9,12H,10-11,13H2,1H3;2-10,12H,11,13H2,1H3,(H,23,24,26). The number of halogens is 6. The number of carbonyl (C=O) groups excluding carboxylic acids is 4. The van der Waals surface area contributed by atoms with Gasteiger partial charge in [0, 0.05) is 153 Å². The van der Waals surface area contributed by atoms with Crippen molar-refractivity contribution in [3.05, 3.63) is 330 Å². The highest BCUT2D eigenvalue weighted by Crippen LogP contribution is 2.36. The summed E-state index contributed by atoms with van der Waals surface area (Å²) in [5, 5.41) is 25.9. The molecule has 0 saturated heterocycles. The topological polar surface area (TPSA) is 335 Å². The number of aromatic amines is 1. The molecule has 25 nitrogen and oxygen atoms in total. The van der Waals surface area contributed by atoms with Crippen molar-refractivity contribution in [1.29, 1.82) is 0 Å². The van der Waals surface area contributed by atoms with Crippen molar-refractivity contribution in [2.75, 3.05) is 22.6 Å². The van der Waals surface area contributed by atoms with Crippen molar-refractivity contribution < 1.29 is 75.7 Å². The van der Waals surface area contributed by atoms with Crippen LogP contribution in [0.1, 0.15) is 69.3 Å². The van der Waals surface area contributed by atoms with E-state index in [1.165, 1.54) is 42.7 Å². The molecule has 1 atom stereocenters. The van der Waals surface area contributed by atoms with E-state index >= 15 is 4.39 Å². The van der Waals surface area contributed by atoms with Gasteiger partial charge < -0.3 is 41.7 Å². The van der Waals surface area contributed by atoms with E-state index in [4.69, 9.17) is 18.1 Å². The fraction of sp³-hybridized carbons (Fsp3) is 0.176. The van der Waals surface area contributed by atoms with Crippen LogP contribution >= 0.6 is 59.6 Å². The summed E-state index contributed by atoms with van der Waals surface area (Å²) in [5.74, 6) is -1.68. The molecule has 0 aliphatic heterocycles. The van der Waals surface area contributed by atoms with Gasteiger partial charge in [-0.2, -0.15) is 5.10 Å². The van der Waals surface area contributed by atoms with Crippen molar-refractivity contribution in [2.24, 2.45) is 0 Å². The van der Waals surface area contributed by atoms with Crippen molar-refractivity contribution in [3.63, 3.8) is 0 Å². The first-order chi connectivity index (χ1) is 60.3. The number of benzene rings is 8. The summed E-state index contributed by atoms with van der Waals surface area (Å²) in [6.07, 6.45) is 7.75. The van der Waals surface area contributed by atoms with E-state index in [0.717, 1.165) is 59.0 Å². The number of aryl methyl sites for hydroxylation is 4. The van der Waals surface area contributed by atoms with Gasteiger partial charge in [0.15, 0.2) is 52.7 Å². The summed E-state index contributed by atoms with van der Waals surface area (Å²) < 4.78 is 152.